The summed E-state index contributed by atoms with van der Waals surface area (Å²) in [5.41, 5.74) is 6.63. The molecule has 0 radical (unpaired) electrons. The van der Waals surface area contributed by atoms with Gasteiger partial charge in [0.15, 0.2) is 6.10 Å². The maximum absolute atomic E-state index is 13.5. The minimum absolute atomic E-state index is 0.0220. The highest BCUT2D eigenvalue weighted by Gasteiger charge is 2.36. The Labute approximate surface area is 190 Å². The van der Waals surface area contributed by atoms with Crippen molar-refractivity contribution >= 4 is 22.9 Å². The Hall–Kier alpha value is -3.99. The molecule has 0 aliphatic heterocycles. The minimum atomic E-state index is -4.66. The molecular weight excluding hydrogens is 454 g/mol. The zero-order chi connectivity index (χ0) is 24.8. The number of amides is 1. The lowest BCUT2D eigenvalue weighted by molar-refractivity contribution is -0.142. The van der Waals surface area contributed by atoms with E-state index >= 15 is 0 Å². The Kier molecular flexibility index (Phi) is 5.74. The van der Waals surface area contributed by atoms with Crippen molar-refractivity contribution in [2.24, 2.45) is 0 Å². The summed E-state index contributed by atoms with van der Waals surface area (Å²) in [7, 11) is 0. The number of alkyl halides is 3. The first kappa shape index (κ1) is 23.2. The van der Waals surface area contributed by atoms with Crippen LogP contribution in [-0.2, 0) is 11.0 Å². The molecule has 34 heavy (non-hydrogen) atoms. The number of nitrogens with two attached hydrogens (primary N) is 1. The number of anilines is 2. The van der Waals surface area contributed by atoms with Gasteiger partial charge in [-0.05, 0) is 49.2 Å². The lowest BCUT2D eigenvalue weighted by Crippen LogP contribution is -2.21. The summed E-state index contributed by atoms with van der Waals surface area (Å²) in [6.07, 6.45) is -5.59. The predicted octanol–water partition coefficient (Wildman–Crippen LogP) is 4.43. The van der Waals surface area contributed by atoms with Crippen LogP contribution < -0.4 is 11.1 Å². The molecule has 0 aliphatic rings. The van der Waals surface area contributed by atoms with E-state index in [9.17, 15) is 27.5 Å². The molecule has 0 fully saturated rings. The number of hydrogen-bond acceptors (Lipinski definition) is 5. The first-order valence-electron chi connectivity index (χ1n) is 10.0. The summed E-state index contributed by atoms with van der Waals surface area (Å²) in [4.78, 5) is 20.4. The summed E-state index contributed by atoms with van der Waals surface area (Å²) in [5.74, 6) is -1.39. The molecule has 2 aromatic carbocycles. The van der Waals surface area contributed by atoms with Gasteiger partial charge in [0.05, 0.1) is 6.20 Å². The van der Waals surface area contributed by atoms with Crippen molar-refractivity contribution in [2.75, 3.05) is 11.1 Å². The second-order valence-electron chi connectivity index (χ2n) is 7.69. The van der Waals surface area contributed by atoms with Crippen LogP contribution in [0.3, 0.4) is 0 Å². The third-order valence-electron chi connectivity index (χ3n) is 5.31. The topological polar surface area (TPSA) is 106 Å². The molecule has 11 heteroatoms. The van der Waals surface area contributed by atoms with E-state index in [1.807, 2.05) is 0 Å². The van der Waals surface area contributed by atoms with Crippen LogP contribution >= 0.6 is 0 Å². The van der Waals surface area contributed by atoms with Gasteiger partial charge >= 0.3 is 6.18 Å². The maximum atomic E-state index is 13.5. The number of aryl methyl sites for hydroxylation is 2. The number of aromatic nitrogens is 3. The summed E-state index contributed by atoms with van der Waals surface area (Å²) < 4.78 is 54.8. The molecule has 0 aliphatic carbocycles. The van der Waals surface area contributed by atoms with E-state index in [0.29, 0.717) is 23.0 Å². The van der Waals surface area contributed by atoms with Crippen LogP contribution in [0.1, 0.15) is 28.7 Å². The Morgan fingerprint density at radius 3 is 2.56 bits per heavy atom. The highest BCUT2D eigenvalue weighted by Crippen LogP contribution is 2.36. The number of imidazole rings is 1. The fourth-order valence-corrected chi connectivity index (χ4v) is 3.75. The van der Waals surface area contributed by atoms with Gasteiger partial charge in [0.2, 0.25) is 0 Å². The number of carbonyl (C=O) groups excluding carboxylic acids is 1. The van der Waals surface area contributed by atoms with E-state index in [4.69, 9.17) is 5.73 Å². The Morgan fingerprint density at radius 2 is 1.91 bits per heavy atom. The monoisotopic (exact) mass is 473 g/mol. The molecular formula is C23H19F4N5O2. The second kappa shape index (κ2) is 8.41. The third kappa shape index (κ3) is 4.17. The van der Waals surface area contributed by atoms with Gasteiger partial charge in [-0.1, -0.05) is 18.2 Å². The van der Waals surface area contributed by atoms with Gasteiger partial charge < -0.3 is 16.2 Å². The highest BCUT2D eigenvalue weighted by atomic mass is 19.4. The lowest BCUT2D eigenvalue weighted by Gasteiger charge is -2.14. The molecule has 0 saturated carbocycles. The van der Waals surface area contributed by atoms with E-state index in [0.717, 1.165) is 10.5 Å². The number of nitrogens with one attached hydrogen (secondary N) is 1. The molecule has 2 aromatic heterocycles. The first-order valence-corrected chi connectivity index (χ1v) is 10.0. The molecule has 1 amide bonds. The van der Waals surface area contributed by atoms with E-state index in [2.05, 4.69) is 15.3 Å². The van der Waals surface area contributed by atoms with E-state index in [1.165, 1.54) is 31.2 Å². The lowest BCUT2D eigenvalue weighted by atomic mass is 10.0. The minimum Gasteiger partial charge on any atom is -0.382 e. The van der Waals surface area contributed by atoms with Crippen LogP contribution in [0.2, 0.25) is 0 Å². The van der Waals surface area contributed by atoms with Crippen molar-refractivity contribution < 1.29 is 27.5 Å². The van der Waals surface area contributed by atoms with Crippen molar-refractivity contribution in [1.82, 2.24) is 14.4 Å². The molecule has 4 N–H and O–H groups in total. The van der Waals surface area contributed by atoms with Crippen LogP contribution in [0.5, 0.6) is 0 Å². The molecule has 7 nitrogen and oxygen atoms in total. The van der Waals surface area contributed by atoms with E-state index in [-0.39, 0.29) is 28.4 Å². The predicted molar refractivity (Wildman–Crippen MR) is 117 cm³/mol. The Bertz CT molecular complexity index is 1410. The number of hydrogen-bond donors (Lipinski definition) is 3. The molecule has 4 aromatic rings. The molecule has 4 rings (SSSR count). The zero-order valence-corrected chi connectivity index (χ0v) is 18.0. The smallest absolute Gasteiger partial charge is 0.382 e. The van der Waals surface area contributed by atoms with Crippen molar-refractivity contribution in [3.05, 3.63) is 77.1 Å². The molecule has 0 unspecified atom stereocenters. The fraction of sp³-hybridized carbons (Fsp3) is 0.174. The summed E-state index contributed by atoms with van der Waals surface area (Å²) in [6, 6.07) is 9.69. The van der Waals surface area contributed by atoms with Gasteiger partial charge in [-0.25, -0.2) is 14.4 Å². The van der Waals surface area contributed by atoms with Gasteiger partial charge in [-0.15, -0.1) is 0 Å². The third-order valence-corrected chi connectivity index (χ3v) is 5.31. The number of aliphatic hydroxyl groups excluding tert-OH is 1. The molecule has 0 bridgehead atoms. The average molecular weight is 473 g/mol. The van der Waals surface area contributed by atoms with Crippen molar-refractivity contribution in [2.45, 2.75) is 26.1 Å². The number of aliphatic hydroxyl groups is 1. The number of fused-ring (bicyclic) bond motifs is 1. The van der Waals surface area contributed by atoms with E-state index < -0.39 is 29.7 Å². The molecule has 0 saturated heterocycles. The second-order valence-corrected chi connectivity index (χ2v) is 7.69. The summed E-state index contributed by atoms with van der Waals surface area (Å²) in [6.45, 7) is 3.12. The number of carbonyl (C=O) groups is 1. The number of benzene rings is 2. The molecule has 0 spiro atoms. The first-order chi connectivity index (χ1) is 16.0. The molecule has 2 heterocycles. The number of nitrogen functional groups attached to an aromatic ring is 1. The maximum Gasteiger partial charge on any atom is 0.433 e. The average Bonchev–Trinajstić information content (AvgIpc) is 3.10. The summed E-state index contributed by atoms with van der Waals surface area (Å²) >= 11 is 0. The summed E-state index contributed by atoms with van der Waals surface area (Å²) in [5, 5.41) is 12.8. The van der Waals surface area contributed by atoms with Crippen molar-refractivity contribution in [3.63, 3.8) is 0 Å². The Balaban J connectivity index is 1.69. The van der Waals surface area contributed by atoms with Gasteiger partial charge in [-0.3, -0.25) is 9.20 Å². The normalized spacial score (nSPS) is 12.7. The Morgan fingerprint density at radius 1 is 1.18 bits per heavy atom. The molecule has 1 atom stereocenters. The van der Waals surface area contributed by atoms with Gasteiger partial charge in [0.25, 0.3) is 5.91 Å². The highest BCUT2D eigenvalue weighted by molar-refractivity contribution is 5.95. The number of nitrogens with zero attached hydrogens (tertiary/aromatic N) is 3. The van der Waals surface area contributed by atoms with Crippen LogP contribution in [0.25, 0.3) is 16.8 Å². The standard InChI is InChI=1S/C23H19F4N5O2/c1-11-8-15(31-22(34)20(33)13-4-3-5-14(24)9-13)6-7-16(11)18-19-21(28)29-10-17(23(25,26)27)32(19)12(2)30-18/h3-10,20,33H,1-2H3,(H2,28,29)(H,31,34)/t20-/m0/s1. The van der Waals surface area contributed by atoms with Gasteiger partial charge in [0, 0.05) is 11.3 Å². The van der Waals surface area contributed by atoms with Crippen LogP contribution in [-0.4, -0.2) is 25.4 Å². The zero-order valence-electron chi connectivity index (χ0n) is 18.0. The van der Waals surface area contributed by atoms with Gasteiger partial charge in [-0.2, -0.15) is 13.2 Å². The van der Waals surface area contributed by atoms with Crippen LogP contribution in [0, 0.1) is 19.7 Å². The fourth-order valence-electron chi connectivity index (χ4n) is 3.75. The van der Waals surface area contributed by atoms with Crippen molar-refractivity contribution in [3.8, 4) is 11.3 Å². The van der Waals surface area contributed by atoms with Crippen LogP contribution in [0.15, 0.2) is 48.7 Å². The largest absolute Gasteiger partial charge is 0.433 e. The number of rotatable bonds is 4. The van der Waals surface area contributed by atoms with Crippen LogP contribution in [0.4, 0.5) is 29.1 Å². The van der Waals surface area contributed by atoms with Crippen molar-refractivity contribution in [1.29, 1.82) is 0 Å². The number of halogens is 4. The SMILES string of the molecule is Cc1cc(NC(=O)[C@@H](O)c2cccc(F)c2)ccc1-c1nc(C)n2c(C(F)(F)F)cnc(N)c12. The van der Waals surface area contributed by atoms with E-state index in [1.54, 1.807) is 19.1 Å². The quantitative estimate of drug-likeness (QED) is 0.381. The molecule has 176 valence electrons. The van der Waals surface area contributed by atoms with Gasteiger partial charge in [0.1, 0.15) is 34.4 Å².